The van der Waals surface area contributed by atoms with Crippen LogP contribution in [0.5, 0.6) is 0 Å². The minimum Gasteiger partial charge on any atom is -0.337 e. The number of nitrogens with zero attached hydrogens (tertiary/aromatic N) is 1. The summed E-state index contributed by atoms with van der Waals surface area (Å²) < 4.78 is 0. The van der Waals surface area contributed by atoms with Crippen LogP contribution in [0.4, 0.5) is 0 Å². The van der Waals surface area contributed by atoms with Crippen LogP contribution in [-0.2, 0) is 4.79 Å². The Morgan fingerprint density at radius 3 is 2.61 bits per heavy atom. The van der Waals surface area contributed by atoms with Gasteiger partial charge in [-0.2, -0.15) is 0 Å². The van der Waals surface area contributed by atoms with Gasteiger partial charge in [0.1, 0.15) is 0 Å². The number of nitrogens with one attached hydrogen (secondary N) is 1. The van der Waals surface area contributed by atoms with Gasteiger partial charge in [0.15, 0.2) is 0 Å². The molecule has 2 atom stereocenters. The zero-order chi connectivity index (χ0) is 12.5. The zero-order valence-corrected chi connectivity index (χ0v) is 11.5. The quantitative estimate of drug-likeness (QED) is 0.783. The Hall–Kier alpha value is -0.570. The van der Waals surface area contributed by atoms with E-state index >= 15 is 0 Å². The molecule has 102 valence electrons. The molecule has 1 saturated heterocycles. The number of rotatable bonds is 6. The van der Waals surface area contributed by atoms with Crippen LogP contribution >= 0.6 is 0 Å². The van der Waals surface area contributed by atoms with Crippen molar-refractivity contribution < 1.29 is 4.79 Å². The minimum atomic E-state index is 0.434. The third-order valence-corrected chi connectivity index (χ3v) is 4.90. The van der Waals surface area contributed by atoms with Gasteiger partial charge in [0, 0.05) is 18.5 Å². The average Bonchev–Trinajstić information content (AvgIpc) is 3.27. The summed E-state index contributed by atoms with van der Waals surface area (Å²) in [7, 11) is 0. The van der Waals surface area contributed by atoms with Gasteiger partial charge in [-0.15, -0.1) is 0 Å². The summed E-state index contributed by atoms with van der Waals surface area (Å²) in [6.45, 7) is 4.53. The molecule has 2 unspecified atom stereocenters. The maximum atomic E-state index is 12.5. The fraction of sp³-hybridized carbons (Fsp3) is 0.933. The Balaban J connectivity index is 1.50. The van der Waals surface area contributed by atoms with E-state index in [2.05, 4.69) is 17.1 Å². The Labute approximate surface area is 110 Å². The van der Waals surface area contributed by atoms with Gasteiger partial charge in [-0.3, -0.25) is 4.79 Å². The van der Waals surface area contributed by atoms with E-state index in [0.717, 1.165) is 37.8 Å². The van der Waals surface area contributed by atoms with Crippen LogP contribution in [0, 0.1) is 11.8 Å². The molecule has 1 heterocycles. The third-order valence-electron chi connectivity index (χ3n) is 4.90. The van der Waals surface area contributed by atoms with Crippen molar-refractivity contribution in [2.24, 2.45) is 11.8 Å². The highest BCUT2D eigenvalue weighted by molar-refractivity contribution is 5.77. The molecule has 0 spiro atoms. The molecule has 1 N–H and O–H groups in total. The highest BCUT2D eigenvalue weighted by Crippen LogP contribution is 2.40. The average molecular weight is 250 g/mol. The van der Waals surface area contributed by atoms with Crippen LogP contribution < -0.4 is 5.32 Å². The van der Waals surface area contributed by atoms with Crippen molar-refractivity contribution in [3.63, 3.8) is 0 Å². The molecule has 1 aliphatic heterocycles. The minimum absolute atomic E-state index is 0.434. The van der Waals surface area contributed by atoms with Gasteiger partial charge in [-0.25, -0.2) is 0 Å². The second-order valence-corrected chi connectivity index (χ2v) is 6.51. The topological polar surface area (TPSA) is 32.3 Å². The molecule has 1 amide bonds. The number of amides is 1. The van der Waals surface area contributed by atoms with Gasteiger partial charge >= 0.3 is 0 Å². The lowest BCUT2D eigenvalue weighted by Crippen LogP contribution is -2.41. The summed E-state index contributed by atoms with van der Waals surface area (Å²) in [6, 6.07) is 1.10. The summed E-state index contributed by atoms with van der Waals surface area (Å²) in [6.07, 6.45) is 8.29. The first-order valence-electron chi connectivity index (χ1n) is 7.77. The summed E-state index contributed by atoms with van der Waals surface area (Å²) in [4.78, 5) is 14.7. The smallest absolute Gasteiger partial charge is 0.223 e. The Morgan fingerprint density at radius 2 is 2.06 bits per heavy atom. The Kier molecular flexibility index (Phi) is 3.60. The van der Waals surface area contributed by atoms with Crippen molar-refractivity contribution >= 4 is 5.91 Å². The van der Waals surface area contributed by atoms with Gasteiger partial charge in [0.05, 0.1) is 0 Å². The molecule has 2 saturated carbocycles. The predicted molar refractivity (Wildman–Crippen MR) is 72.3 cm³/mol. The third kappa shape index (κ3) is 2.87. The number of hydrogen-bond acceptors (Lipinski definition) is 2. The molecular formula is C15H26N2O. The van der Waals surface area contributed by atoms with E-state index in [-0.39, 0.29) is 0 Å². The number of hydrogen-bond donors (Lipinski definition) is 1. The Bertz CT molecular complexity index is 304. The van der Waals surface area contributed by atoms with Crippen molar-refractivity contribution in [3.05, 3.63) is 0 Å². The first-order valence-corrected chi connectivity index (χ1v) is 7.77. The van der Waals surface area contributed by atoms with E-state index in [9.17, 15) is 4.79 Å². The van der Waals surface area contributed by atoms with E-state index in [0.29, 0.717) is 18.0 Å². The van der Waals surface area contributed by atoms with Crippen LogP contribution in [0.3, 0.4) is 0 Å². The van der Waals surface area contributed by atoms with Crippen molar-refractivity contribution in [2.45, 2.75) is 64.0 Å². The lowest BCUT2D eigenvalue weighted by atomic mass is 10.0. The SMILES string of the molecule is CC(C1CC1)N(C(=O)CCC1CCNC1)C1CC1. The highest BCUT2D eigenvalue weighted by Gasteiger charge is 2.41. The summed E-state index contributed by atoms with van der Waals surface area (Å²) in [5.41, 5.74) is 0. The zero-order valence-electron chi connectivity index (χ0n) is 11.5. The number of carbonyl (C=O) groups excluding carboxylic acids is 1. The fourth-order valence-corrected chi connectivity index (χ4v) is 3.34. The van der Waals surface area contributed by atoms with Gasteiger partial charge in [-0.1, -0.05) is 0 Å². The normalized spacial score (nSPS) is 29.3. The first-order chi connectivity index (χ1) is 8.75. The second kappa shape index (κ2) is 5.20. The predicted octanol–water partition coefficient (Wildman–Crippen LogP) is 2.17. The largest absolute Gasteiger partial charge is 0.337 e. The molecule has 0 bridgehead atoms. The van der Waals surface area contributed by atoms with Crippen LogP contribution in [0.2, 0.25) is 0 Å². The second-order valence-electron chi connectivity index (χ2n) is 6.51. The molecule has 3 rings (SSSR count). The molecule has 0 aromatic heterocycles. The van der Waals surface area contributed by atoms with Crippen molar-refractivity contribution in [1.82, 2.24) is 10.2 Å². The first kappa shape index (κ1) is 12.5. The fourth-order valence-electron chi connectivity index (χ4n) is 3.34. The lowest BCUT2D eigenvalue weighted by molar-refractivity contribution is -0.134. The van der Waals surface area contributed by atoms with Crippen molar-refractivity contribution in [2.75, 3.05) is 13.1 Å². The summed E-state index contributed by atoms with van der Waals surface area (Å²) in [5.74, 6) is 1.98. The Morgan fingerprint density at radius 1 is 1.28 bits per heavy atom. The summed E-state index contributed by atoms with van der Waals surface area (Å²) in [5, 5.41) is 3.39. The number of carbonyl (C=O) groups is 1. The molecule has 3 heteroatoms. The molecule has 3 aliphatic rings. The van der Waals surface area contributed by atoms with E-state index in [4.69, 9.17) is 0 Å². The van der Waals surface area contributed by atoms with E-state index in [1.54, 1.807) is 0 Å². The van der Waals surface area contributed by atoms with Gasteiger partial charge in [0.25, 0.3) is 0 Å². The van der Waals surface area contributed by atoms with Crippen LogP contribution in [0.15, 0.2) is 0 Å². The van der Waals surface area contributed by atoms with E-state index < -0.39 is 0 Å². The van der Waals surface area contributed by atoms with Gasteiger partial charge < -0.3 is 10.2 Å². The van der Waals surface area contributed by atoms with Gasteiger partial charge in [0.2, 0.25) is 5.91 Å². The van der Waals surface area contributed by atoms with E-state index in [1.165, 1.54) is 32.1 Å². The molecule has 0 aromatic carbocycles. The maximum Gasteiger partial charge on any atom is 0.223 e. The van der Waals surface area contributed by atoms with Crippen LogP contribution in [0.25, 0.3) is 0 Å². The summed E-state index contributed by atoms with van der Waals surface area (Å²) >= 11 is 0. The molecule has 0 aromatic rings. The molecule has 0 radical (unpaired) electrons. The molecule has 2 aliphatic carbocycles. The van der Waals surface area contributed by atoms with Crippen molar-refractivity contribution in [3.8, 4) is 0 Å². The maximum absolute atomic E-state index is 12.5. The standard InChI is InChI=1S/C15H26N2O/c1-11(13-3-4-13)17(14-5-6-14)15(18)7-2-12-8-9-16-10-12/h11-14,16H,2-10H2,1H3. The van der Waals surface area contributed by atoms with Crippen LogP contribution in [0.1, 0.15) is 51.9 Å². The molecule has 3 nitrogen and oxygen atoms in total. The van der Waals surface area contributed by atoms with Gasteiger partial charge in [-0.05, 0) is 70.4 Å². The van der Waals surface area contributed by atoms with E-state index in [1.807, 2.05) is 0 Å². The highest BCUT2D eigenvalue weighted by atomic mass is 16.2. The van der Waals surface area contributed by atoms with Crippen LogP contribution in [-0.4, -0.2) is 36.0 Å². The van der Waals surface area contributed by atoms with Crippen molar-refractivity contribution in [1.29, 1.82) is 0 Å². The monoisotopic (exact) mass is 250 g/mol. The molecule has 18 heavy (non-hydrogen) atoms. The molecular weight excluding hydrogens is 224 g/mol. The lowest BCUT2D eigenvalue weighted by Gasteiger charge is -2.30. The molecule has 3 fully saturated rings.